The maximum Gasteiger partial charge on any atom is 0.246 e. The van der Waals surface area contributed by atoms with E-state index in [9.17, 15) is 22.8 Å². The Hall–Kier alpha value is -3.03. The summed E-state index contributed by atoms with van der Waals surface area (Å²) in [5, 5.41) is 5.21. The number of hydrogen-bond donors (Lipinski definition) is 2. The number of carbonyl (C=O) groups excluding carboxylic acids is 2. The molecule has 2 amide bonds. The van der Waals surface area contributed by atoms with Crippen LogP contribution < -0.4 is 15.5 Å². The van der Waals surface area contributed by atoms with Crippen molar-refractivity contribution in [3.63, 3.8) is 0 Å². The first-order valence-electron chi connectivity index (χ1n) is 7.96. The average molecular weight is 363 g/mol. The molecule has 3 rings (SSSR count). The van der Waals surface area contributed by atoms with E-state index in [1.54, 1.807) is 31.2 Å². The number of hydrogen-bond acceptors (Lipinski definition) is 3. The predicted molar refractivity (Wildman–Crippen MR) is 91.4 cm³/mol. The van der Waals surface area contributed by atoms with Crippen LogP contribution in [-0.2, 0) is 9.59 Å². The standard InChI is InChI=1S/C18H16F3N3O2/c1-10-8-15(25)23-12-4-2-3-5-14(12)24(10)16(26)9-22-13-7-6-11(19)17(20)18(13)21/h2-7,10,22H,8-9H2,1H3,(H,23,25). The van der Waals surface area contributed by atoms with E-state index in [0.717, 1.165) is 12.1 Å². The number of benzene rings is 2. The summed E-state index contributed by atoms with van der Waals surface area (Å²) < 4.78 is 40.0. The molecule has 1 atom stereocenters. The van der Waals surface area contributed by atoms with E-state index in [1.807, 2.05) is 0 Å². The second-order valence-corrected chi connectivity index (χ2v) is 5.96. The summed E-state index contributed by atoms with van der Waals surface area (Å²) in [6, 6.07) is 8.19. The van der Waals surface area contributed by atoms with Crippen LogP contribution in [0.15, 0.2) is 36.4 Å². The molecule has 0 fully saturated rings. The third-order valence-electron chi connectivity index (χ3n) is 4.09. The Morgan fingerprint density at radius 2 is 1.92 bits per heavy atom. The summed E-state index contributed by atoms with van der Waals surface area (Å²) in [5.74, 6) is -4.96. The molecular formula is C18H16F3N3O2. The Morgan fingerprint density at radius 1 is 1.19 bits per heavy atom. The molecule has 1 aliphatic heterocycles. The van der Waals surface area contributed by atoms with E-state index in [-0.39, 0.29) is 24.6 Å². The molecule has 8 heteroatoms. The Labute approximate surface area is 147 Å². The number of amides is 2. The van der Waals surface area contributed by atoms with Crippen LogP contribution in [0.1, 0.15) is 13.3 Å². The molecule has 1 aliphatic rings. The molecule has 5 nitrogen and oxygen atoms in total. The zero-order chi connectivity index (χ0) is 18.8. The third-order valence-corrected chi connectivity index (χ3v) is 4.09. The van der Waals surface area contributed by atoms with Crippen molar-refractivity contribution in [3.05, 3.63) is 53.8 Å². The van der Waals surface area contributed by atoms with Crippen LogP contribution in [0.3, 0.4) is 0 Å². The van der Waals surface area contributed by atoms with Crippen LogP contribution >= 0.6 is 0 Å². The lowest BCUT2D eigenvalue weighted by Gasteiger charge is -2.28. The van der Waals surface area contributed by atoms with Gasteiger partial charge in [0.2, 0.25) is 11.8 Å². The number of nitrogens with zero attached hydrogens (tertiary/aromatic N) is 1. The molecule has 0 bridgehead atoms. The van der Waals surface area contributed by atoms with Gasteiger partial charge in [-0.05, 0) is 31.2 Å². The van der Waals surface area contributed by atoms with E-state index in [1.165, 1.54) is 4.90 Å². The lowest BCUT2D eigenvalue weighted by atomic mass is 10.1. The zero-order valence-corrected chi connectivity index (χ0v) is 13.9. The molecule has 0 saturated heterocycles. The van der Waals surface area contributed by atoms with Crippen molar-refractivity contribution in [2.24, 2.45) is 0 Å². The number of halogens is 3. The fourth-order valence-corrected chi connectivity index (χ4v) is 2.89. The van der Waals surface area contributed by atoms with Gasteiger partial charge in [-0.25, -0.2) is 13.2 Å². The van der Waals surface area contributed by atoms with E-state index in [2.05, 4.69) is 10.6 Å². The molecule has 2 aromatic rings. The fourth-order valence-electron chi connectivity index (χ4n) is 2.89. The lowest BCUT2D eigenvalue weighted by Crippen LogP contribution is -2.42. The third kappa shape index (κ3) is 3.35. The molecule has 2 aromatic carbocycles. The second kappa shape index (κ2) is 7.07. The number of nitrogens with one attached hydrogen (secondary N) is 2. The first-order valence-corrected chi connectivity index (χ1v) is 7.96. The molecule has 2 N–H and O–H groups in total. The van der Waals surface area contributed by atoms with Gasteiger partial charge in [0, 0.05) is 12.5 Å². The largest absolute Gasteiger partial charge is 0.374 e. The highest BCUT2D eigenvalue weighted by atomic mass is 19.2. The molecule has 0 saturated carbocycles. The number of anilines is 3. The number of fused-ring (bicyclic) bond motifs is 1. The molecule has 26 heavy (non-hydrogen) atoms. The van der Waals surface area contributed by atoms with E-state index in [0.29, 0.717) is 11.4 Å². The van der Waals surface area contributed by atoms with Gasteiger partial charge in [-0.2, -0.15) is 0 Å². The van der Waals surface area contributed by atoms with Crippen molar-refractivity contribution in [2.45, 2.75) is 19.4 Å². The molecule has 0 aromatic heterocycles. The van der Waals surface area contributed by atoms with Crippen LogP contribution in [0.4, 0.5) is 30.2 Å². The normalized spacial score (nSPS) is 16.5. The van der Waals surface area contributed by atoms with Gasteiger partial charge in [0.05, 0.1) is 23.6 Å². The van der Waals surface area contributed by atoms with Gasteiger partial charge in [0.1, 0.15) is 0 Å². The summed E-state index contributed by atoms with van der Waals surface area (Å²) in [6.45, 7) is 1.37. The van der Waals surface area contributed by atoms with Gasteiger partial charge in [-0.1, -0.05) is 12.1 Å². The Balaban J connectivity index is 1.83. The topological polar surface area (TPSA) is 61.4 Å². The highest BCUT2D eigenvalue weighted by molar-refractivity contribution is 6.05. The van der Waals surface area contributed by atoms with Crippen molar-refractivity contribution >= 4 is 28.9 Å². The molecule has 1 unspecified atom stereocenters. The van der Waals surface area contributed by atoms with Crippen molar-refractivity contribution in [3.8, 4) is 0 Å². The molecule has 1 heterocycles. The van der Waals surface area contributed by atoms with Crippen molar-refractivity contribution in [1.82, 2.24) is 0 Å². The molecule has 0 spiro atoms. The quantitative estimate of drug-likeness (QED) is 0.823. The van der Waals surface area contributed by atoms with Crippen molar-refractivity contribution < 1.29 is 22.8 Å². The maximum absolute atomic E-state index is 13.7. The maximum atomic E-state index is 13.7. The Bertz CT molecular complexity index is 873. The Morgan fingerprint density at radius 3 is 2.69 bits per heavy atom. The van der Waals surface area contributed by atoms with Gasteiger partial charge < -0.3 is 15.5 Å². The monoisotopic (exact) mass is 363 g/mol. The summed E-state index contributed by atoms with van der Waals surface area (Å²) in [7, 11) is 0. The smallest absolute Gasteiger partial charge is 0.246 e. The Kier molecular flexibility index (Phi) is 4.83. The first-order chi connectivity index (χ1) is 12.4. The van der Waals surface area contributed by atoms with Crippen molar-refractivity contribution in [1.29, 1.82) is 0 Å². The minimum absolute atomic E-state index is 0.0972. The SMILES string of the molecule is CC1CC(=O)Nc2ccccc2N1C(=O)CNc1ccc(F)c(F)c1F. The minimum atomic E-state index is -1.61. The second-order valence-electron chi connectivity index (χ2n) is 5.96. The fraction of sp³-hybridized carbons (Fsp3) is 0.222. The van der Waals surface area contributed by atoms with Crippen LogP contribution in [-0.4, -0.2) is 24.4 Å². The highest BCUT2D eigenvalue weighted by Gasteiger charge is 2.29. The van der Waals surface area contributed by atoms with Gasteiger partial charge in [-0.3, -0.25) is 9.59 Å². The van der Waals surface area contributed by atoms with Gasteiger partial charge in [-0.15, -0.1) is 0 Å². The summed E-state index contributed by atoms with van der Waals surface area (Å²) >= 11 is 0. The van der Waals surface area contributed by atoms with Gasteiger partial charge in [0.15, 0.2) is 17.5 Å². The van der Waals surface area contributed by atoms with Gasteiger partial charge >= 0.3 is 0 Å². The molecular weight excluding hydrogens is 347 g/mol. The lowest BCUT2D eigenvalue weighted by molar-refractivity contribution is -0.118. The number of carbonyl (C=O) groups is 2. The van der Waals surface area contributed by atoms with Gasteiger partial charge in [0.25, 0.3) is 0 Å². The van der Waals surface area contributed by atoms with Crippen LogP contribution in [0.25, 0.3) is 0 Å². The zero-order valence-electron chi connectivity index (χ0n) is 13.9. The van der Waals surface area contributed by atoms with E-state index < -0.39 is 29.4 Å². The van der Waals surface area contributed by atoms with Crippen LogP contribution in [0.2, 0.25) is 0 Å². The van der Waals surface area contributed by atoms with Crippen LogP contribution in [0, 0.1) is 17.5 Å². The minimum Gasteiger partial charge on any atom is -0.374 e. The number of para-hydroxylation sites is 2. The number of rotatable bonds is 3. The first kappa shape index (κ1) is 17.8. The summed E-state index contributed by atoms with van der Waals surface area (Å²) in [6.07, 6.45) is 0.0972. The van der Waals surface area contributed by atoms with Crippen LogP contribution in [0.5, 0.6) is 0 Å². The molecule has 0 aliphatic carbocycles. The van der Waals surface area contributed by atoms with E-state index >= 15 is 0 Å². The van der Waals surface area contributed by atoms with E-state index in [4.69, 9.17) is 0 Å². The summed E-state index contributed by atoms with van der Waals surface area (Å²) in [5.41, 5.74) is 0.694. The van der Waals surface area contributed by atoms with Crippen molar-refractivity contribution in [2.75, 3.05) is 22.1 Å². The predicted octanol–water partition coefficient (Wildman–Crippen LogP) is 3.28. The average Bonchev–Trinajstić information content (AvgIpc) is 2.73. The molecule has 0 radical (unpaired) electrons. The highest BCUT2D eigenvalue weighted by Crippen LogP contribution is 2.31. The molecule has 136 valence electrons. The summed E-state index contributed by atoms with van der Waals surface area (Å²) in [4.78, 5) is 26.1.